The van der Waals surface area contributed by atoms with Crippen LogP contribution in [0.4, 0.5) is 10.1 Å². The highest BCUT2D eigenvalue weighted by molar-refractivity contribution is 8.18. The van der Waals surface area contributed by atoms with Crippen LogP contribution in [0.2, 0.25) is 5.02 Å². The number of likely N-dealkylation sites (N-methyl/N-ethyl adjacent to an activating group) is 1. The normalized spacial score (nSPS) is 17.3. The zero-order valence-corrected chi connectivity index (χ0v) is 15.0. The molecule has 1 N–H and O–H groups in total. The maximum Gasteiger partial charge on any atom is 0.335 e. The van der Waals surface area contributed by atoms with Gasteiger partial charge in [-0.05, 0) is 48.2 Å². The first-order valence-electron chi connectivity index (χ1n) is 7.40. The third kappa shape index (κ3) is 3.63. The van der Waals surface area contributed by atoms with Crippen LogP contribution >= 0.6 is 23.4 Å². The van der Waals surface area contributed by atoms with Crippen LogP contribution in [0.3, 0.4) is 0 Å². The Kier molecular flexibility index (Phi) is 5.11. The largest absolute Gasteiger partial charge is 0.478 e. The summed E-state index contributed by atoms with van der Waals surface area (Å²) in [6.07, 6.45) is 1.39. The van der Waals surface area contributed by atoms with Gasteiger partial charge < -0.3 is 5.11 Å². The van der Waals surface area contributed by atoms with Gasteiger partial charge in [-0.25, -0.2) is 14.2 Å². The van der Waals surface area contributed by atoms with E-state index in [1.807, 2.05) is 0 Å². The summed E-state index contributed by atoms with van der Waals surface area (Å²) < 4.78 is 13.9. The zero-order valence-electron chi connectivity index (χ0n) is 13.4. The molecule has 2 aromatic rings. The minimum Gasteiger partial charge on any atom is -0.478 e. The summed E-state index contributed by atoms with van der Waals surface area (Å²) in [7, 11) is 1.54. The van der Waals surface area contributed by atoms with Crippen LogP contribution < -0.4 is 0 Å². The Morgan fingerprint density at radius 1 is 1.31 bits per heavy atom. The van der Waals surface area contributed by atoms with Crippen molar-refractivity contribution in [3.8, 4) is 0 Å². The molecule has 1 saturated heterocycles. The predicted molar refractivity (Wildman–Crippen MR) is 100 cm³/mol. The summed E-state index contributed by atoms with van der Waals surface area (Å²) in [6, 6.07) is 10.3. The number of aromatic carboxylic acids is 1. The molecule has 0 atom stereocenters. The smallest absolute Gasteiger partial charge is 0.335 e. The molecule has 0 bridgehead atoms. The Labute approximate surface area is 157 Å². The van der Waals surface area contributed by atoms with Gasteiger partial charge in [0.15, 0.2) is 5.17 Å². The highest BCUT2D eigenvalue weighted by atomic mass is 35.5. The first kappa shape index (κ1) is 18.2. The second-order valence-electron chi connectivity index (χ2n) is 5.36. The molecule has 2 aromatic carbocycles. The Hall–Kier alpha value is -2.64. The van der Waals surface area contributed by atoms with Crippen LogP contribution in [-0.2, 0) is 4.79 Å². The van der Waals surface area contributed by atoms with E-state index in [9.17, 15) is 14.0 Å². The molecule has 0 aliphatic carbocycles. The monoisotopic (exact) mass is 390 g/mol. The minimum absolute atomic E-state index is 0.0951. The number of carbonyl (C=O) groups is 2. The van der Waals surface area contributed by atoms with E-state index in [4.69, 9.17) is 16.7 Å². The highest BCUT2D eigenvalue weighted by Gasteiger charge is 2.30. The quantitative estimate of drug-likeness (QED) is 0.788. The number of hydrogen-bond acceptors (Lipinski definition) is 4. The summed E-state index contributed by atoms with van der Waals surface area (Å²) in [5, 5.41) is 9.61. The van der Waals surface area contributed by atoms with Crippen LogP contribution in [0.25, 0.3) is 6.08 Å². The second kappa shape index (κ2) is 7.31. The fourth-order valence-electron chi connectivity index (χ4n) is 2.25. The van der Waals surface area contributed by atoms with Crippen molar-refractivity contribution in [3.63, 3.8) is 0 Å². The molecule has 8 heteroatoms. The van der Waals surface area contributed by atoms with Gasteiger partial charge in [0.05, 0.1) is 21.2 Å². The first-order valence-corrected chi connectivity index (χ1v) is 8.60. The number of hydrogen-bond donors (Lipinski definition) is 1. The molecule has 0 saturated carbocycles. The lowest BCUT2D eigenvalue weighted by atomic mass is 10.2. The summed E-state index contributed by atoms with van der Waals surface area (Å²) in [6.45, 7) is 0. The first-order chi connectivity index (χ1) is 12.4. The third-order valence-corrected chi connectivity index (χ3v) is 4.99. The number of halogens is 2. The number of carboxylic acids is 1. The van der Waals surface area contributed by atoms with Gasteiger partial charge in [0.25, 0.3) is 5.91 Å². The van der Waals surface area contributed by atoms with E-state index in [1.54, 1.807) is 19.2 Å². The van der Waals surface area contributed by atoms with Crippen molar-refractivity contribution in [2.75, 3.05) is 7.05 Å². The molecule has 1 aliphatic rings. The molecular formula is C18H12ClFN2O3S. The molecule has 5 nitrogen and oxygen atoms in total. The van der Waals surface area contributed by atoms with E-state index >= 15 is 0 Å². The average molecular weight is 391 g/mol. The van der Waals surface area contributed by atoms with Crippen molar-refractivity contribution in [2.24, 2.45) is 4.99 Å². The minimum atomic E-state index is -1.06. The Morgan fingerprint density at radius 3 is 2.73 bits per heavy atom. The van der Waals surface area contributed by atoms with Crippen molar-refractivity contribution < 1.29 is 19.1 Å². The number of nitrogens with zero attached hydrogens (tertiary/aromatic N) is 2. The van der Waals surface area contributed by atoms with Gasteiger partial charge in [-0.2, -0.15) is 0 Å². The summed E-state index contributed by atoms with van der Waals surface area (Å²) in [5.41, 5.74) is 0.627. The Bertz CT molecular complexity index is 954. The highest BCUT2D eigenvalue weighted by Crippen LogP contribution is 2.34. The van der Waals surface area contributed by atoms with E-state index in [0.717, 1.165) is 11.8 Å². The Balaban J connectivity index is 1.95. The fourth-order valence-corrected chi connectivity index (χ4v) is 3.44. The van der Waals surface area contributed by atoms with Crippen molar-refractivity contribution in [3.05, 3.63) is 69.3 Å². The van der Waals surface area contributed by atoms with Crippen molar-refractivity contribution in [1.29, 1.82) is 0 Å². The molecule has 3 rings (SSSR count). The maximum absolute atomic E-state index is 13.9. The van der Waals surface area contributed by atoms with Gasteiger partial charge in [0.2, 0.25) is 0 Å². The standard InChI is InChI=1S/C18H12ClFN2O3S/c1-22-16(23)15(9-12-13(19)6-3-7-14(12)20)26-18(22)21-11-5-2-4-10(8-11)17(24)25/h2-9H,1H3,(H,24,25)/b15-9-,21-18?. The average Bonchev–Trinajstić information content (AvgIpc) is 2.86. The van der Waals surface area contributed by atoms with Crippen LogP contribution in [-0.4, -0.2) is 34.1 Å². The van der Waals surface area contributed by atoms with Gasteiger partial charge in [-0.1, -0.05) is 23.7 Å². The topological polar surface area (TPSA) is 70.0 Å². The molecular weight excluding hydrogens is 379 g/mol. The van der Waals surface area contributed by atoms with Gasteiger partial charge in [-0.15, -0.1) is 0 Å². The fraction of sp³-hybridized carbons (Fsp3) is 0.0556. The van der Waals surface area contributed by atoms with E-state index in [1.165, 1.54) is 41.3 Å². The molecule has 0 aromatic heterocycles. The molecule has 0 spiro atoms. The van der Waals surface area contributed by atoms with Crippen LogP contribution in [0.1, 0.15) is 15.9 Å². The van der Waals surface area contributed by atoms with Crippen LogP contribution in [0.5, 0.6) is 0 Å². The van der Waals surface area contributed by atoms with Crippen molar-refractivity contribution in [1.82, 2.24) is 4.90 Å². The number of aliphatic imine (C=N–C) groups is 1. The molecule has 132 valence electrons. The SMILES string of the molecule is CN1C(=O)/C(=C/c2c(F)cccc2Cl)SC1=Nc1cccc(C(=O)O)c1. The number of benzene rings is 2. The van der Waals surface area contributed by atoms with E-state index in [0.29, 0.717) is 10.9 Å². The van der Waals surface area contributed by atoms with Gasteiger partial charge in [0.1, 0.15) is 5.82 Å². The lowest BCUT2D eigenvalue weighted by molar-refractivity contribution is -0.121. The summed E-state index contributed by atoms with van der Waals surface area (Å²) in [5.74, 6) is -1.94. The van der Waals surface area contributed by atoms with Crippen molar-refractivity contribution >= 4 is 52.2 Å². The number of amidine groups is 1. The summed E-state index contributed by atoms with van der Waals surface area (Å²) in [4.78, 5) is 29.4. The molecule has 0 radical (unpaired) electrons. The molecule has 26 heavy (non-hydrogen) atoms. The maximum atomic E-state index is 13.9. The molecule has 1 aliphatic heterocycles. The van der Waals surface area contributed by atoms with Crippen LogP contribution in [0.15, 0.2) is 52.4 Å². The Morgan fingerprint density at radius 2 is 2.04 bits per heavy atom. The lowest BCUT2D eigenvalue weighted by Crippen LogP contribution is -2.23. The van der Waals surface area contributed by atoms with Gasteiger partial charge in [0, 0.05) is 12.6 Å². The van der Waals surface area contributed by atoms with E-state index in [2.05, 4.69) is 4.99 Å². The summed E-state index contributed by atoms with van der Waals surface area (Å²) >= 11 is 7.06. The predicted octanol–water partition coefficient (Wildman–Crippen LogP) is 4.41. The molecule has 1 heterocycles. The number of amides is 1. The van der Waals surface area contributed by atoms with E-state index in [-0.39, 0.29) is 27.0 Å². The second-order valence-corrected chi connectivity index (χ2v) is 6.78. The lowest BCUT2D eigenvalue weighted by Gasteiger charge is -2.07. The third-order valence-electron chi connectivity index (χ3n) is 3.60. The molecule has 0 unspecified atom stereocenters. The molecule has 1 amide bonds. The van der Waals surface area contributed by atoms with Crippen LogP contribution in [0, 0.1) is 5.82 Å². The van der Waals surface area contributed by atoms with Gasteiger partial charge >= 0.3 is 5.97 Å². The van der Waals surface area contributed by atoms with Crippen molar-refractivity contribution in [2.45, 2.75) is 0 Å². The van der Waals surface area contributed by atoms with E-state index < -0.39 is 11.8 Å². The number of rotatable bonds is 3. The number of carboxylic acid groups (broad SMARTS) is 1. The number of thioether (sulfide) groups is 1. The zero-order chi connectivity index (χ0) is 18.8. The van der Waals surface area contributed by atoms with Gasteiger partial charge in [-0.3, -0.25) is 9.69 Å². The molecule has 1 fully saturated rings. The number of carbonyl (C=O) groups excluding carboxylic acids is 1.